The van der Waals surface area contributed by atoms with Crippen LogP contribution < -0.4 is 10.6 Å². The molecule has 0 aliphatic heterocycles. The van der Waals surface area contributed by atoms with Gasteiger partial charge in [-0.1, -0.05) is 20.8 Å². The third kappa shape index (κ3) is 7.08. The van der Waals surface area contributed by atoms with Crippen LogP contribution in [-0.2, 0) is 14.0 Å². The fourth-order valence-corrected chi connectivity index (χ4v) is 2.88. The van der Waals surface area contributed by atoms with E-state index in [9.17, 15) is 9.59 Å². The van der Waals surface area contributed by atoms with E-state index in [-0.39, 0.29) is 11.1 Å². The molecule has 0 saturated heterocycles. The molecule has 0 rings (SSSR count). The summed E-state index contributed by atoms with van der Waals surface area (Å²) in [6, 6.07) is -0.542. The van der Waals surface area contributed by atoms with E-state index < -0.39 is 20.3 Å². The lowest BCUT2D eigenvalue weighted by molar-refractivity contribution is -0.116. The first kappa shape index (κ1) is 20.7. The Morgan fingerprint density at radius 2 is 1.82 bits per heavy atom. The van der Waals surface area contributed by atoms with Gasteiger partial charge in [-0.15, -0.1) is 0 Å². The van der Waals surface area contributed by atoms with Gasteiger partial charge in [0.1, 0.15) is 0 Å². The molecular weight excluding hydrogens is 300 g/mol. The Kier molecular flexibility index (Phi) is 7.82. The zero-order valence-electron chi connectivity index (χ0n) is 15.0. The maximum absolute atomic E-state index is 11.7. The Morgan fingerprint density at radius 3 is 2.27 bits per heavy atom. The summed E-state index contributed by atoms with van der Waals surface area (Å²) in [5.74, 6) is -0.489. The molecule has 1 atom stereocenters. The molecule has 6 nitrogen and oxygen atoms in total. The maximum Gasteiger partial charge on any atom is 0.321 e. The molecule has 128 valence electrons. The van der Waals surface area contributed by atoms with E-state index in [1.54, 1.807) is 6.92 Å². The number of nitrogens with one attached hydrogen (secondary N) is 2. The highest BCUT2D eigenvalue weighted by Crippen LogP contribution is 2.37. The molecule has 1 unspecified atom stereocenters. The highest BCUT2D eigenvalue weighted by molar-refractivity contribution is 6.74. The van der Waals surface area contributed by atoms with E-state index in [1.165, 1.54) is 13.4 Å². The molecule has 0 aliphatic carbocycles. The lowest BCUT2D eigenvalue weighted by Crippen LogP contribution is -2.48. The number of methoxy groups -OCH3 is 1. The van der Waals surface area contributed by atoms with Crippen LogP contribution in [-0.4, -0.2) is 40.0 Å². The fraction of sp³-hybridized carbons (Fsp3) is 0.733. The minimum Gasteiger partial charge on any atom is -0.504 e. The first-order valence-electron chi connectivity index (χ1n) is 7.37. The number of ether oxygens (including phenoxy) is 1. The Labute approximate surface area is 134 Å². The molecule has 0 heterocycles. The monoisotopic (exact) mass is 330 g/mol. The number of rotatable bonds is 6. The fourth-order valence-electron chi connectivity index (χ4n) is 1.43. The Balaban J connectivity index is 4.32. The van der Waals surface area contributed by atoms with Crippen LogP contribution in [0.15, 0.2) is 11.8 Å². The van der Waals surface area contributed by atoms with Crippen LogP contribution in [0.25, 0.3) is 0 Å². The van der Waals surface area contributed by atoms with Gasteiger partial charge in [-0.25, -0.2) is 4.79 Å². The molecule has 2 N–H and O–H groups in total. The van der Waals surface area contributed by atoms with E-state index in [2.05, 4.69) is 44.5 Å². The molecule has 3 amide bonds. The van der Waals surface area contributed by atoms with Gasteiger partial charge < -0.3 is 14.5 Å². The van der Waals surface area contributed by atoms with Crippen LogP contribution in [0.2, 0.25) is 18.1 Å². The Bertz CT molecular complexity index is 428. The summed E-state index contributed by atoms with van der Waals surface area (Å²) in [5.41, 5.74) is 0.322. The van der Waals surface area contributed by atoms with Crippen molar-refractivity contribution in [1.82, 2.24) is 10.6 Å². The van der Waals surface area contributed by atoms with Crippen molar-refractivity contribution >= 4 is 20.3 Å². The second-order valence-electron chi connectivity index (χ2n) is 6.89. The largest absolute Gasteiger partial charge is 0.504 e. The number of carbonyl (C=O) groups is 2. The smallest absolute Gasteiger partial charge is 0.321 e. The van der Waals surface area contributed by atoms with Crippen LogP contribution in [0.3, 0.4) is 0 Å². The van der Waals surface area contributed by atoms with Crippen LogP contribution in [0.1, 0.15) is 34.6 Å². The van der Waals surface area contributed by atoms with Crippen molar-refractivity contribution < 1.29 is 18.8 Å². The number of imide groups is 1. The molecule has 0 fully saturated rings. The molecule has 0 aliphatic rings. The minimum absolute atomic E-state index is 0.113. The summed E-state index contributed by atoms with van der Waals surface area (Å²) in [4.78, 5) is 23.3. The van der Waals surface area contributed by atoms with Crippen molar-refractivity contribution in [3.05, 3.63) is 11.8 Å². The quantitative estimate of drug-likeness (QED) is 0.446. The zero-order valence-corrected chi connectivity index (χ0v) is 16.0. The van der Waals surface area contributed by atoms with Gasteiger partial charge in [-0.2, -0.15) is 0 Å². The molecule has 0 bridgehead atoms. The highest BCUT2D eigenvalue weighted by Gasteiger charge is 2.38. The Hall–Kier alpha value is -1.34. The van der Waals surface area contributed by atoms with Gasteiger partial charge >= 0.3 is 6.03 Å². The van der Waals surface area contributed by atoms with Crippen molar-refractivity contribution in [1.29, 1.82) is 0 Å². The minimum atomic E-state index is -1.86. The topological polar surface area (TPSA) is 76.7 Å². The summed E-state index contributed by atoms with van der Waals surface area (Å²) < 4.78 is 10.8. The van der Waals surface area contributed by atoms with Crippen LogP contribution >= 0.6 is 0 Å². The highest BCUT2D eigenvalue weighted by atomic mass is 28.4. The average molecular weight is 331 g/mol. The van der Waals surface area contributed by atoms with Crippen LogP contribution in [0, 0.1) is 0 Å². The van der Waals surface area contributed by atoms with Gasteiger partial charge in [-0.3, -0.25) is 10.1 Å². The van der Waals surface area contributed by atoms with Crippen molar-refractivity contribution in [2.45, 2.75) is 58.9 Å². The molecule has 0 spiro atoms. The second-order valence-corrected chi connectivity index (χ2v) is 11.6. The molecule has 0 radical (unpaired) electrons. The van der Waals surface area contributed by atoms with E-state index in [0.29, 0.717) is 12.1 Å². The number of hydrogen-bond acceptors (Lipinski definition) is 4. The van der Waals surface area contributed by atoms with Gasteiger partial charge in [0.15, 0.2) is 8.32 Å². The van der Waals surface area contributed by atoms with E-state index in [1.807, 2.05) is 6.92 Å². The number of carbonyl (C=O) groups excluding carboxylic acids is 2. The van der Waals surface area contributed by atoms with Crippen molar-refractivity contribution in [2.24, 2.45) is 0 Å². The van der Waals surface area contributed by atoms with Crippen molar-refractivity contribution in [2.75, 3.05) is 13.7 Å². The lowest BCUT2D eigenvalue weighted by atomic mass is 10.2. The molecule has 0 saturated carbocycles. The molecule has 22 heavy (non-hydrogen) atoms. The Morgan fingerprint density at radius 1 is 1.27 bits per heavy atom. The summed E-state index contributed by atoms with van der Waals surface area (Å²) in [7, 11) is -0.424. The number of urea groups is 1. The van der Waals surface area contributed by atoms with Gasteiger partial charge in [0.2, 0.25) is 0 Å². The van der Waals surface area contributed by atoms with Crippen LogP contribution in [0.5, 0.6) is 0 Å². The van der Waals surface area contributed by atoms with Gasteiger partial charge in [0.25, 0.3) is 5.91 Å². The van der Waals surface area contributed by atoms with Crippen molar-refractivity contribution in [3.8, 4) is 0 Å². The number of hydrogen-bond donors (Lipinski definition) is 2. The molecule has 7 heteroatoms. The normalized spacial score (nSPS) is 14.3. The summed E-state index contributed by atoms with van der Waals surface area (Å²) in [6.07, 6.45) is 1.17. The maximum atomic E-state index is 11.7. The first-order chi connectivity index (χ1) is 9.90. The predicted octanol–water partition coefficient (Wildman–Crippen LogP) is 2.77. The van der Waals surface area contributed by atoms with E-state index in [0.717, 1.165) is 0 Å². The van der Waals surface area contributed by atoms with E-state index in [4.69, 9.17) is 9.16 Å². The standard InChI is InChI=1S/C15H30N2O4Si/c1-11(10-20-6)13(18)17-14(19)16-9-12(2)21-22(7,8)15(3,4)5/h10,12H,9H2,1-8H3,(H2,16,17,18,19). The zero-order chi connectivity index (χ0) is 17.6. The summed E-state index contributed by atoms with van der Waals surface area (Å²) in [6.45, 7) is 14.6. The van der Waals surface area contributed by atoms with Crippen LogP contribution in [0.4, 0.5) is 4.79 Å². The van der Waals surface area contributed by atoms with Gasteiger partial charge in [0.05, 0.1) is 19.5 Å². The molecule has 0 aromatic heterocycles. The third-order valence-corrected chi connectivity index (χ3v) is 8.34. The molecule has 0 aromatic carbocycles. The third-order valence-electron chi connectivity index (χ3n) is 3.73. The summed E-state index contributed by atoms with van der Waals surface area (Å²) in [5, 5.41) is 4.99. The SMILES string of the molecule is COC=C(C)C(=O)NC(=O)NCC(C)O[Si](C)(C)C(C)(C)C. The average Bonchev–Trinajstić information content (AvgIpc) is 2.34. The molecular formula is C15H30N2O4Si. The van der Waals surface area contributed by atoms with E-state index >= 15 is 0 Å². The summed E-state index contributed by atoms with van der Waals surface area (Å²) >= 11 is 0. The second kappa shape index (κ2) is 8.33. The van der Waals surface area contributed by atoms with Gasteiger partial charge in [0, 0.05) is 12.1 Å². The first-order valence-corrected chi connectivity index (χ1v) is 10.3. The predicted molar refractivity (Wildman–Crippen MR) is 90.1 cm³/mol. The lowest BCUT2D eigenvalue weighted by Gasteiger charge is -2.38. The van der Waals surface area contributed by atoms with Crippen molar-refractivity contribution in [3.63, 3.8) is 0 Å². The molecule has 0 aromatic rings. The number of amides is 3. The van der Waals surface area contributed by atoms with Gasteiger partial charge in [-0.05, 0) is 32.0 Å².